The van der Waals surface area contributed by atoms with E-state index in [1.165, 1.54) is 0 Å². The molecule has 4 N–H and O–H groups in total. The van der Waals surface area contributed by atoms with Gasteiger partial charge in [0, 0.05) is 6.04 Å². The number of thiazole rings is 1. The van der Waals surface area contributed by atoms with Crippen LogP contribution in [-0.4, -0.2) is 29.7 Å². The highest BCUT2D eigenvalue weighted by Gasteiger charge is 2.29. The lowest BCUT2D eigenvalue weighted by Crippen LogP contribution is -2.33. The first-order valence-corrected chi connectivity index (χ1v) is 5.88. The number of anilines is 2. The first-order chi connectivity index (χ1) is 8.19. The molecular formula is C9H13F3N4OS. The van der Waals surface area contributed by atoms with Gasteiger partial charge in [0.1, 0.15) is 17.2 Å². The average Bonchev–Trinajstić information content (AvgIpc) is 2.53. The van der Waals surface area contributed by atoms with E-state index in [2.05, 4.69) is 10.3 Å². The van der Waals surface area contributed by atoms with Gasteiger partial charge in [0.2, 0.25) is 0 Å². The van der Waals surface area contributed by atoms with Crippen LogP contribution in [0.15, 0.2) is 0 Å². The summed E-state index contributed by atoms with van der Waals surface area (Å²) in [5.41, 5.74) is 5.47. The Morgan fingerprint density at radius 2 is 2.11 bits per heavy atom. The van der Waals surface area contributed by atoms with Crippen LogP contribution in [0.5, 0.6) is 0 Å². The maximum absolute atomic E-state index is 11.9. The van der Waals surface area contributed by atoms with Crippen molar-refractivity contribution in [2.75, 3.05) is 17.6 Å². The molecule has 1 aromatic rings. The number of alkyl halides is 3. The number of aromatic nitrogens is 1. The maximum atomic E-state index is 11.9. The fraction of sp³-hybridized carbons (Fsp3) is 0.556. The molecule has 0 bridgehead atoms. The van der Waals surface area contributed by atoms with Crippen molar-refractivity contribution in [3.63, 3.8) is 0 Å². The van der Waals surface area contributed by atoms with E-state index in [1.807, 2.05) is 13.8 Å². The Balaban J connectivity index is 2.71. The number of hydrogen-bond donors (Lipinski definition) is 3. The van der Waals surface area contributed by atoms with Gasteiger partial charge in [-0.1, -0.05) is 11.3 Å². The molecular weight excluding hydrogens is 269 g/mol. The molecule has 0 aromatic carbocycles. The van der Waals surface area contributed by atoms with Crippen LogP contribution in [0, 0.1) is 0 Å². The van der Waals surface area contributed by atoms with Crippen LogP contribution in [0.3, 0.4) is 0 Å². The fourth-order valence-corrected chi connectivity index (χ4v) is 2.01. The van der Waals surface area contributed by atoms with Crippen LogP contribution in [0.2, 0.25) is 0 Å². The quantitative estimate of drug-likeness (QED) is 0.787. The molecule has 0 saturated heterocycles. The monoisotopic (exact) mass is 282 g/mol. The van der Waals surface area contributed by atoms with Gasteiger partial charge in [-0.25, -0.2) is 4.98 Å². The highest BCUT2D eigenvalue weighted by Crippen LogP contribution is 2.25. The second-order valence-electron chi connectivity index (χ2n) is 3.83. The smallest absolute Gasteiger partial charge is 0.382 e. The van der Waals surface area contributed by atoms with Gasteiger partial charge in [-0.3, -0.25) is 4.79 Å². The summed E-state index contributed by atoms with van der Waals surface area (Å²) in [7, 11) is 0. The van der Waals surface area contributed by atoms with Crippen molar-refractivity contribution in [2.24, 2.45) is 0 Å². The van der Waals surface area contributed by atoms with Gasteiger partial charge in [0.25, 0.3) is 5.91 Å². The number of hydrogen-bond acceptors (Lipinski definition) is 5. The molecule has 0 saturated carbocycles. The third-order valence-corrected chi connectivity index (χ3v) is 2.72. The van der Waals surface area contributed by atoms with Gasteiger partial charge in [-0.2, -0.15) is 13.2 Å². The van der Waals surface area contributed by atoms with Gasteiger partial charge >= 0.3 is 6.18 Å². The summed E-state index contributed by atoms with van der Waals surface area (Å²) in [4.78, 5) is 15.3. The van der Waals surface area contributed by atoms with E-state index in [-0.39, 0.29) is 16.7 Å². The summed E-state index contributed by atoms with van der Waals surface area (Å²) >= 11 is 0.920. The van der Waals surface area contributed by atoms with Crippen molar-refractivity contribution < 1.29 is 18.0 Å². The molecule has 1 rings (SSSR count). The Hall–Kier alpha value is -1.51. The van der Waals surface area contributed by atoms with Gasteiger partial charge in [-0.05, 0) is 13.8 Å². The number of nitrogens with one attached hydrogen (secondary N) is 2. The fourth-order valence-electron chi connectivity index (χ4n) is 1.06. The maximum Gasteiger partial charge on any atom is 0.405 e. The van der Waals surface area contributed by atoms with E-state index in [0.717, 1.165) is 11.3 Å². The lowest BCUT2D eigenvalue weighted by atomic mass is 10.4. The SMILES string of the molecule is CC(C)Nc1nc(N)c(C(=O)NCC(F)(F)F)s1. The molecule has 9 heteroatoms. The standard InChI is InChI=1S/C9H13F3N4OS/c1-4(2)15-8-16-6(13)5(18-8)7(17)14-3-9(10,11)12/h4H,3,13H2,1-2H3,(H,14,17)(H,15,16). The van der Waals surface area contributed by atoms with E-state index < -0.39 is 18.6 Å². The predicted octanol–water partition coefficient (Wildman–Crippen LogP) is 1.84. The summed E-state index contributed by atoms with van der Waals surface area (Å²) in [6, 6.07) is 0.0848. The Bertz CT molecular complexity index is 430. The molecule has 0 aliphatic heterocycles. The molecule has 0 aliphatic rings. The number of halogens is 3. The normalized spacial score (nSPS) is 11.7. The zero-order valence-electron chi connectivity index (χ0n) is 9.76. The largest absolute Gasteiger partial charge is 0.405 e. The van der Waals surface area contributed by atoms with Crippen molar-refractivity contribution in [3.8, 4) is 0 Å². The zero-order valence-corrected chi connectivity index (χ0v) is 10.6. The second kappa shape index (κ2) is 5.42. The van der Waals surface area contributed by atoms with Crippen molar-refractivity contribution in [3.05, 3.63) is 4.88 Å². The molecule has 102 valence electrons. The van der Waals surface area contributed by atoms with Crippen LogP contribution in [0.25, 0.3) is 0 Å². The van der Waals surface area contributed by atoms with Crippen molar-refractivity contribution in [2.45, 2.75) is 26.1 Å². The molecule has 0 spiro atoms. The van der Waals surface area contributed by atoms with Gasteiger partial charge in [-0.15, -0.1) is 0 Å². The topological polar surface area (TPSA) is 80.0 Å². The summed E-state index contributed by atoms with van der Waals surface area (Å²) in [6.45, 7) is 2.33. The van der Waals surface area contributed by atoms with Crippen molar-refractivity contribution >= 4 is 28.2 Å². The molecule has 0 aliphatic carbocycles. The molecule has 0 radical (unpaired) electrons. The number of carbonyl (C=O) groups excluding carboxylic acids is 1. The second-order valence-corrected chi connectivity index (χ2v) is 4.83. The van der Waals surface area contributed by atoms with Crippen molar-refractivity contribution in [1.29, 1.82) is 0 Å². The lowest BCUT2D eigenvalue weighted by molar-refractivity contribution is -0.123. The average molecular weight is 282 g/mol. The summed E-state index contributed by atoms with van der Waals surface area (Å²) < 4.78 is 35.8. The highest BCUT2D eigenvalue weighted by atomic mass is 32.1. The minimum absolute atomic E-state index is 0.0256. The Kier molecular flexibility index (Phi) is 4.38. The minimum Gasteiger partial charge on any atom is -0.382 e. The van der Waals surface area contributed by atoms with Crippen molar-refractivity contribution in [1.82, 2.24) is 10.3 Å². The van der Waals surface area contributed by atoms with E-state index in [0.29, 0.717) is 5.13 Å². The molecule has 1 amide bonds. The third-order valence-electron chi connectivity index (χ3n) is 1.72. The molecule has 5 nitrogen and oxygen atoms in total. The van der Waals surface area contributed by atoms with Crippen LogP contribution in [0.1, 0.15) is 23.5 Å². The van der Waals surface area contributed by atoms with Crippen LogP contribution < -0.4 is 16.4 Å². The minimum atomic E-state index is -4.45. The number of amides is 1. The number of nitrogens with zero attached hydrogens (tertiary/aromatic N) is 1. The Morgan fingerprint density at radius 3 is 2.61 bits per heavy atom. The summed E-state index contributed by atoms with van der Waals surface area (Å²) in [5.74, 6) is -0.957. The van der Waals surface area contributed by atoms with Gasteiger partial charge in [0.15, 0.2) is 5.13 Å². The highest BCUT2D eigenvalue weighted by molar-refractivity contribution is 7.18. The van der Waals surface area contributed by atoms with E-state index >= 15 is 0 Å². The molecule has 18 heavy (non-hydrogen) atoms. The summed E-state index contributed by atoms with van der Waals surface area (Å²) in [6.07, 6.45) is -4.45. The molecule has 0 atom stereocenters. The first kappa shape index (κ1) is 14.6. The summed E-state index contributed by atoms with van der Waals surface area (Å²) in [5, 5.41) is 5.07. The van der Waals surface area contributed by atoms with Crippen LogP contribution in [-0.2, 0) is 0 Å². The third kappa shape index (κ3) is 4.40. The van der Waals surface area contributed by atoms with E-state index in [4.69, 9.17) is 5.73 Å². The molecule has 0 unspecified atom stereocenters. The Labute approximate surface area is 106 Å². The molecule has 1 heterocycles. The predicted molar refractivity (Wildman–Crippen MR) is 63.7 cm³/mol. The van der Waals surface area contributed by atoms with E-state index in [1.54, 1.807) is 5.32 Å². The number of nitrogen functional groups attached to an aromatic ring is 1. The van der Waals surface area contributed by atoms with E-state index in [9.17, 15) is 18.0 Å². The van der Waals surface area contributed by atoms with Crippen LogP contribution in [0.4, 0.5) is 24.1 Å². The van der Waals surface area contributed by atoms with Gasteiger partial charge < -0.3 is 16.4 Å². The zero-order chi connectivity index (χ0) is 13.9. The number of carbonyl (C=O) groups is 1. The first-order valence-electron chi connectivity index (χ1n) is 5.07. The Morgan fingerprint density at radius 1 is 1.50 bits per heavy atom. The van der Waals surface area contributed by atoms with Crippen LogP contribution >= 0.6 is 11.3 Å². The number of nitrogens with two attached hydrogens (primary N) is 1. The lowest BCUT2D eigenvalue weighted by Gasteiger charge is -2.07. The molecule has 1 aromatic heterocycles. The number of rotatable bonds is 4. The van der Waals surface area contributed by atoms with Gasteiger partial charge in [0.05, 0.1) is 0 Å². The molecule has 0 fully saturated rings.